The molecule has 0 bridgehead atoms. The topological polar surface area (TPSA) is 205 Å². The molecule has 0 saturated heterocycles. The molecule has 3 aromatic rings. The third-order valence-electron chi connectivity index (χ3n) is 6.06. The lowest BCUT2D eigenvalue weighted by molar-refractivity contribution is -0.0352. The second-order valence-electron chi connectivity index (χ2n) is 12.0. The number of ether oxygens (including phenoxy) is 3. The van der Waals surface area contributed by atoms with Crippen LogP contribution in [0.3, 0.4) is 0 Å². The Morgan fingerprint density at radius 1 is 0.833 bits per heavy atom. The number of fused-ring (bicyclic) bond motifs is 1. The molecule has 0 spiro atoms. The standard InChI is InChI=1S/C30H47N5O11P2/c1-19(2)43-47(38,44-20(3)4)17-40-14-24(35-16-32-26-27(35)33-30(31)34-28(26)36)25(42-29(37)23-12-10-9-11-13-23)15-41-18-48(39,45-21(5)6)46-22(7)8/h9-13,16,19-22,24-25H,14-15,17-18H2,1-8H3,(H3,31,33,34,36)/t24-,25+/m1/s1. The first-order chi connectivity index (χ1) is 22.5. The number of hydrogen-bond acceptors (Lipinski definition) is 14. The van der Waals surface area contributed by atoms with Gasteiger partial charge in [-0.1, -0.05) is 18.2 Å². The molecule has 0 unspecified atom stereocenters. The summed E-state index contributed by atoms with van der Waals surface area (Å²) in [5, 5.41) is 0. The summed E-state index contributed by atoms with van der Waals surface area (Å²) < 4.78 is 68.8. The van der Waals surface area contributed by atoms with Crippen LogP contribution < -0.4 is 11.3 Å². The van der Waals surface area contributed by atoms with Crippen LogP contribution in [0, 0.1) is 0 Å². The van der Waals surface area contributed by atoms with Crippen LogP contribution in [0.1, 0.15) is 71.8 Å². The number of nitrogens with one attached hydrogen (secondary N) is 1. The number of H-pyrrole nitrogens is 1. The van der Waals surface area contributed by atoms with Crippen molar-refractivity contribution in [3.05, 3.63) is 52.6 Å². The molecule has 0 amide bonds. The van der Waals surface area contributed by atoms with Crippen molar-refractivity contribution in [1.29, 1.82) is 0 Å². The number of carbonyl (C=O) groups excluding carboxylic acids is 1. The number of rotatable bonds is 20. The van der Waals surface area contributed by atoms with Crippen molar-refractivity contribution in [3.63, 3.8) is 0 Å². The van der Waals surface area contributed by atoms with Crippen LogP contribution in [0.15, 0.2) is 41.5 Å². The Kier molecular flexibility index (Phi) is 14.5. The number of esters is 1. The quantitative estimate of drug-likeness (QED) is 0.109. The van der Waals surface area contributed by atoms with Crippen molar-refractivity contribution in [1.82, 2.24) is 19.5 Å². The highest BCUT2D eigenvalue weighted by Gasteiger charge is 2.35. The third kappa shape index (κ3) is 11.9. The van der Waals surface area contributed by atoms with E-state index in [1.54, 1.807) is 85.7 Å². The molecule has 2 heterocycles. The van der Waals surface area contributed by atoms with Crippen molar-refractivity contribution < 1.29 is 46.2 Å². The zero-order valence-corrected chi connectivity index (χ0v) is 30.3. The SMILES string of the molecule is CC(C)OP(=O)(COC[C@H](OC(=O)c1ccccc1)[C@@H](COCP(=O)(OC(C)C)OC(C)C)n1cnc2c(=O)[nH]c(N)nc21)OC(C)C. The van der Waals surface area contributed by atoms with Gasteiger partial charge in [0.25, 0.3) is 5.56 Å². The molecule has 0 radical (unpaired) electrons. The van der Waals surface area contributed by atoms with E-state index in [2.05, 4.69) is 15.0 Å². The monoisotopic (exact) mass is 715 g/mol. The van der Waals surface area contributed by atoms with E-state index in [9.17, 15) is 18.7 Å². The maximum absolute atomic E-state index is 13.6. The summed E-state index contributed by atoms with van der Waals surface area (Å²) in [6.07, 6.45) is -2.54. The van der Waals surface area contributed by atoms with Gasteiger partial charge in [-0.05, 0) is 67.5 Å². The third-order valence-corrected chi connectivity index (χ3v) is 10.0. The minimum Gasteiger partial charge on any atom is -0.454 e. The van der Waals surface area contributed by atoms with Crippen molar-refractivity contribution in [2.45, 2.75) is 92.0 Å². The molecule has 16 nitrogen and oxygen atoms in total. The average Bonchev–Trinajstić information content (AvgIpc) is 3.37. The highest BCUT2D eigenvalue weighted by atomic mass is 31.2. The van der Waals surface area contributed by atoms with Gasteiger partial charge in [0.2, 0.25) is 5.95 Å². The van der Waals surface area contributed by atoms with Gasteiger partial charge in [0.05, 0.1) is 55.6 Å². The number of aromatic amines is 1. The van der Waals surface area contributed by atoms with Crippen LogP contribution in [0.2, 0.25) is 0 Å². The van der Waals surface area contributed by atoms with E-state index in [1.165, 1.54) is 10.9 Å². The Hall–Kier alpha value is -2.94. The van der Waals surface area contributed by atoms with Crippen molar-refractivity contribution in [2.75, 3.05) is 31.6 Å². The Morgan fingerprint density at radius 3 is 1.83 bits per heavy atom. The predicted octanol–water partition coefficient (Wildman–Crippen LogP) is 5.50. The smallest absolute Gasteiger partial charge is 0.356 e. The largest absolute Gasteiger partial charge is 0.454 e. The maximum Gasteiger partial charge on any atom is 0.356 e. The maximum atomic E-state index is 13.6. The molecule has 268 valence electrons. The zero-order chi connectivity index (χ0) is 35.6. The number of nitrogens with two attached hydrogens (primary N) is 1. The summed E-state index contributed by atoms with van der Waals surface area (Å²) in [5.41, 5.74) is 5.53. The highest BCUT2D eigenvalue weighted by Crippen LogP contribution is 2.51. The van der Waals surface area contributed by atoms with Crippen molar-refractivity contribution in [3.8, 4) is 0 Å². The molecule has 0 fully saturated rings. The predicted molar refractivity (Wildman–Crippen MR) is 179 cm³/mol. The van der Waals surface area contributed by atoms with Gasteiger partial charge < -0.3 is 42.6 Å². The fraction of sp³-hybridized carbons (Fsp3) is 0.600. The summed E-state index contributed by atoms with van der Waals surface area (Å²) in [6, 6.07) is 7.23. The van der Waals surface area contributed by atoms with Gasteiger partial charge in [-0.3, -0.25) is 18.9 Å². The lowest BCUT2D eigenvalue weighted by atomic mass is 10.1. The Balaban J connectivity index is 2.04. The fourth-order valence-electron chi connectivity index (χ4n) is 4.58. The fourth-order valence-corrected chi connectivity index (χ4v) is 8.15. The average molecular weight is 716 g/mol. The van der Waals surface area contributed by atoms with Crippen LogP contribution in [0.25, 0.3) is 11.2 Å². The van der Waals surface area contributed by atoms with E-state index in [1.807, 2.05) is 0 Å². The number of benzene rings is 1. The number of carbonyl (C=O) groups is 1. The number of aromatic nitrogens is 4. The van der Waals surface area contributed by atoms with E-state index in [-0.39, 0.29) is 35.9 Å². The lowest BCUT2D eigenvalue weighted by Gasteiger charge is -2.30. The molecule has 0 aliphatic rings. The Labute approximate surface area is 280 Å². The molecule has 48 heavy (non-hydrogen) atoms. The molecule has 0 aliphatic carbocycles. The number of nitrogen functional groups attached to an aromatic ring is 1. The minimum absolute atomic E-state index is 0.0413. The van der Waals surface area contributed by atoms with E-state index in [0.717, 1.165) is 0 Å². The first kappa shape index (κ1) is 39.5. The van der Waals surface area contributed by atoms with Crippen molar-refractivity contribution >= 4 is 38.3 Å². The summed E-state index contributed by atoms with van der Waals surface area (Å²) in [5.74, 6) is -0.887. The lowest BCUT2D eigenvalue weighted by Crippen LogP contribution is -2.36. The van der Waals surface area contributed by atoms with Crippen LogP contribution in [-0.4, -0.2) is 81.9 Å². The summed E-state index contributed by atoms with van der Waals surface area (Å²) in [7, 11) is -7.50. The summed E-state index contributed by atoms with van der Waals surface area (Å²) in [4.78, 5) is 36.9. The van der Waals surface area contributed by atoms with E-state index >= 15 is 0 Å². The van der Waals surface area contributed by atoms with Gasteiger partial charge in [0.1, 0.15) is 18.8 Å². The van der Waals surface area contributed by atoms with Gasteiger partial charge in [-0.15, -0.1) is 0 Å². The molecule has 2 atom stereocenters. The number of anilines is 1. The summed E-state index contributed by atoms with van der Waals surface area (Å²) >= 11 is 0. The molecule has 3 rings (SSSR count). The Bertz CT molecular complexity index is 1600. The normalized spacial score (nSPS) is 14.0. The van der Waals surface area contributed by atoms with E-state index in [4.69, 9.17) is 38.0 Å². The number of hydrogen-bond donors (Lipinski definition) is 2. The summed E-state index contributed by atoms with van der Waals surface area (Å²) in [6.45, 7) is 13.1. The first-order valence-electron chi connectivity index (χ1n) is 15.6. The van der Waals surface area contributed by atoms with Gasteiger partial charge >= 0.3 is 21.2 Å². The second kappa shape index (κ2) is 17.6. The van der Waals surface area contributed by atoms with Crippen LogP contribution in [-0.2, 0) is 41.4 Å². The molecule has 2 aromatic heterocycles. The molecular formula is C30H47N5O11P2. The van der Waals surface area contributed by atoms with Crippen LogP contribution in [0.5, 0.6) is 0 Å². The molecule has 0 aliphatic heterocycles. The minimum atomic E-state index is -3.75. The van der Waals surface area contributed by atoms with Gasteiger partial charge in [-0.25, -0.2) is 9.78 Å². The van der Waals surface area contributed by atoms with E-state index < -0.39 is 76.0 Å². The highest BCUT2D eigenvalue weighted by molar-refractivity contribution is 7.53. The van der Waals surface area contributed by atoms with Crippen molar-refractivity contribution in [2.24, 2.45) is 0 Å². The molecule has 18 heteroatoms. The second-order valence-corrected chi connectivity index (χ2v) is 15.8. The molecular weight excluding hydrogens is 668 g/mol. The number of imidazole rings is 1. The molecule has 0 saturated carbocycles. The van der Waals surface area contributed by atoms with Crippen LogP contribution in [0.4, 0.5) is 5.95 Å². The zero-order valence-electron chi connectivity index (χ0n) is 28.6. The molecule has 1 aromatic carbocycles. The van der Waals surface area contributed by atoms with E-state index in [0.29, 0.717) is 0 Å². The van der Waals surface area contributed by atoms with Gasteiger partial charge in [-0.2, -0.15) is 4.98 Å². The first-order valence-corrected chi connectivity index (χ1v) is 19.0. The van der Waals surface area contributed by atoms with Crippen LogP contribution >= 0.6 is 15.2 Å². The van der Waals surface area contributed by atoms with Gasteiger partial charge in [0.15, 0.2) is 11.2 Å². The molecule has 3 N–H and O–H groups in total. The van der Waals surface area contributed by atoms with Gasteiger partial charge in [0, 0.05) is 0 Å². The Morgan fingerprint density at radius 2 is 1.33 bits per heavy atom. The number of nitrogens with zero attached hydrogens (tertiary/aromatic N) is 3.